The number of para-hydroxylation sites is 1. The Bertz CT molecular complexity index is 612. The maximum atomic E-state index is 13.1. The number of carbonyl (C=O) groups excluding carboxylic acids is 1. The van der Waals surface area contributed by atoms with E-state index in [-0.39, 0.29) is 17.9 Å². The number of carbonyl (C=O) groups is 1. The van der Waals surface area contributed by atoms with Gasteiger partial charge in [0.25, 0.3) is 0 Å². The van der Waals surface area contributed by atoms with Crippen LogP contribution in [0.1, 0.15) is 11.6 Å². The van der Waals surface area contributed by atoms with Crippen molar-refractivity contribution in [1.29, 1.82) is 0 Å². The van der Waals surface area contributed by atoms with Gasteiger partial charge in [0.05, 0.1) is 6.04 Å². The van der Waals surface area contributed by atoms with Gasteiger partial charge in [-0.2, -0.15) is 0 Å². The summed E-state index contributed by atoms with van der Waals surface area (Å²) >= 11 is 0. The second kappa shape index (κ2) is 4.96. The second-order valence-corrected chi connectivity index (χ2v) is 4.94. The zero-order valence-corrected chi connectivity index (χ0v) is 11.2. The molecule has 20 heavy (non-hydrogen) atoms. The van der Waals surface area contributed by atoms with Crippen molar-refractivity contribution in [3.05, 3.63) is 66.0 Å². The van der Waals surface area contributed by atoms with E-state index in [9.17, 15) is 9.18 Å². The number of urea groups is 1. The van der Waals surface area contributed by atoms with Crippen LogP contribution in [0.4, 0.5) is 14.9 Å². The van der Waals surface area contributed by atoms with E-state index in [0.29, 0.717) is 6.54 Å². The van der Waals surface area contributed by atoms with E-state index in [0.717, 1.165) is 11.3 Å². The molecular weight excluding hydrogens is 255 g/mol. The number of hydrogen-bond donors (Lipinski definition) is 0. The first-order chi connectivity index (χ1) is 9.66. The predicted octanol–water partition coefficient (Wildman–Crippen LogP) is 3.44. The normalized spacial score (nSPS) is 18.7. The summed E-state index contributed by atoms with van der Waals surface area (Å²) in [5.74, 6) is -0.266. The van der Waals surface area contributed by atoms with Crippen molar-refractivity contribution in [3.63, 3.8) is 0 Å². The standard InChI is InChI=1S/C16H15FN2O/c1-18-11-15(12-7-9-13(17)10-8-12)19(16(18)20)14-5-3-2-4-6-14/h2-10,15H,11H2,1H3. The molecule has 1 fully saturated rings. The third kappa shape index (κ3) is 2.13. The van der Waals surface area contributed by atoms with Gasteiger partial charge < -0.3 is 4.90 Å². The Labute approximate surface area is 117 Å². The van der Waals surface area contributed by atoms with Crippen molar-refractivity contribution in [2.24, 2.45) is 0 Å². The van der Waals surface area contributed by atoms with E-state index in [4.69, 9.17) is 0 Å². The summed E-state index contributed by atoms with van der Waals surface area (Å²) in [5.41, 5.74) is 1.80. The van der Waals surface area contributed by atoms with E-state index in [1.165, 1.54) is 12.1 Å². The van der Waals surface area contributed by atoms with Gasteiger partial charge in [-0.1, -0.05) is 30.3 Å². The maximum Gasteiger partial charge on any atom is 0.324 e. The molecule has 1 saturated heterocycles. The number of hydrogen-bond acceptors (Lipinski definition) is 1. The zero-order valence-electron chi connectivity index (χ0n) is 11.2. The molecular formula is C16H15FN2O. The quantitative estimate of drug-likeness (QED) is 0.820. The molecule has 0 spiro atoms. The molecule has 0 N–H and O–H groups in total. The number of rotatable bonds is 2. The van der Waals surface area contributed by atoms with Gasteiger partial charge >= 0.3 is 6.03 Å². The molecule has 2 aromatic carbocycles. The number of amides is 2. The Balaban J connectivity index is 2.00. The maximum absolute atomic E-state index is 13.1. The summed E-state index contributed by atoms with van der Waals surface area (Å²) < 4.78 is 13.1. The largest absolute Gasteiger partial charge is 0.325 e. The minimum absolute atomic E-state index is 0.0366. The fourth-order valence-electron chi connectivity index (χ4n) is 2.55. The lowest BCUT2D eigenvalue weighted by atomic mass is 10.1. The molecule has 0 saturated carbocycles. The summed E-state index contributed by atoms with van der Waals surface area (Å²) in [6.45, 7) is 0.597. The van der Waals surface area contributed by atoms with Gasteiger partial charge in [-0.05, 0) is 29.8 Å². The van der Waals surface area contributed by atoms with E-state index in [2.05, 4.69) is 0 Å². The highest BCUT2D eigenvalue weighted by molar-refractivity contribution is 5.95. The van der Waals surface area contributed by atoms with Gasteiger partial charge in [0.15, 0.2) is 0 Å². The van der Waals surface area contributed by atoms with Crippen LogP contribution in [0.3, 0.4) is 0 Å². The van der Waals surface area contributed by atoms with Crippen molar-refractivity contribution in [3.8, 4) is 0 Å². The lowest BCUT2D eigenvalue weighted by Gasteiger charge is -2.23. The summed E-state index contributed by atoms with van der Waals surface area (Å²) in [7, 11) is 1.78. The van der Waals surface area contributed by atoms with Crippen LogP contribution in [0.25, 0.3) is 0 Å². The topological polar surface area (TPSA) is 23.6 Å². The first-order valence-corrected chi connectivity index (χ1v) is 6.51. The highest BCUT2D eigenvalue weighted by Crippen LogP contribution is 2.33. The van der Waals surface area contributed by atoms with Crippen LogP contribution in [0.5, 0.6) is 0 Å². The Morgan fingerprint density at radius 3 is 2.35 bits per heavy atom. The molecule has 0 radical (unpaired) electrons. The average Bonchev–Trinajstić information content (AvgIpc) is 2.77. The summed E-state index contributed by atoms with van der Waals surface area (Å²) in [4.78, 5) is 15.8. The van der Waals surface area contributed by atoms with Crippen molar-refractivity contribution in [2.75, 3.05) is 18.5 Å². The highest BCUT2D eigenvalue weighted by Gasteiger charge is 2.36. The Kier molecular flexibility index (Phi) is 3.14. The van der Waals surface area contributed by atoms with Crippen molar-refractivity contribution < 1.29 is 9.18 Å². The third-order valence-corrected chi connectivity index (χ3v) is 3.58. The van der Waals surface area contributed by atoms with Gasteiger partial charge in [0, 0.05) is 19.3 Å². The number of benzene rings is 2. The molecule has 1 aliphatic heterocycles. The van der Waals surface area contributed by atoms with Crippen LogP contribution in [-0.4, -0.2) is 24.5 Å². The molecule has 1 unspecified atom stereocenters. The molecule has 1 heterocycles. The molecule has 3 rings (SSSR count). The fraction of sp³-hybridized carbons (Fsp3) is 0.188. The lowest BCUT2D eigenvalue weighted by molar-refractivity contribution is 0.229. The van der Waals surface area contributed by atoms with Crippen LogP contribution >= 0.6 is 0 Å². The van der Waals surface area contributed by atoms with Crippen LogP contribution in [0.15, 0.2) is 54.6 Å². The zero-order chi connectivity index (χ0) is 14.1. The molecule has 3 nitrogen and oxygen atoms in total. The van der Waals surface area contributed by atoms with Gasteiger partial charge in [0.1, 0.15) is 5.82 Å². The first kappa shape index (κ1) is 12.7. The molecule has 102 valence electrons. The van der Waals surface area contributed by atoms with E-state index >= 15 is 0 Å². The molecule has 0 aromatic heterocycles. The van der Waals surface area contributed by atoms with E-state index in [1.54, 1.807) is 29.0 Å². The van der Waals surface area contributed by atoms with Crippen molar-refractivity contribution >= 4 is 11.7 Å². The second-order valence-electron chi connectivity index (χ2n) is 4.94. The van der Waals surface area contributed by atoms with Gasteiger partial charge in [-0.3, -0.25) is 4.90 Å². The average molecular weight is 270 g/mol. The number of nitrogens with zero attached hydrogens (tertiary/aromatic N) is 2. The molecule has 2 amide bonds. The molecule has 0 aliphatic carbocycles. The molecule has 0 bridgehead atoms. The van der Waals surface area contributed by atoms with Gasteiger partial charge in [0.2, 0.25) is 0 Å². The number of halogens is 1. The van der Waals surface area contributed by atoms with Crippen LogP contribution < -0.4 is 4.90 Å². The van der Waals surface area contributed by atoms with Gasteiger partial charge in [-0.15, -0.1) is 0 Å². The van der Waals surface area contributed by atoms with Gasteiger partial charge in [-0.25, -0.2) is 9.18 Å². The fourth-order valence-corrected chi connectivity index (χ4v) is 2.55. The molecule has 1 aliphatic rings. The monoisotopic (exact) mass is 270 g/mol. The minimum atomic E-state index is -0.266. The Hall–Kier alpha value is -2.36. The van der Waals surface area contributed by atoms with Crippen molar-refractivity contribution in [2.45, 2.75) is 6.04 Å². The molecule has 1 atom stereocenters. The summed E-state index contributed by atoms with van der Waals surface area (Å²) in [5, 5.41) is 0. The van der Waals surface area contributed by atoms with Crippen LogP contribution in [0.2, 0.25) is 0 Å². The molecule has 2 aromatic rings. The van der Waals surface area contributed by atoms with E-state index in [1.807, 2.05) is 30.3 Å². The predicted molar refractivity (Wildman–Crippen MR) is 76.1 cm³/mol. The Morgan fingerprint density at radius 1 is 1.05 bits per heavy atom. The third-order valence-electron chi connectivity index (χ3n) is 3.58. The van der Waals surface area contributed by atoms with Crippen LogP contribution in [0, 0.1) is 5.82 Å². The van der Waals surface area contributed by atoms with E-state index < -0.39 is 0 Å². The smallest absolute Gasteiger partial charge is 0.324 e. The first-order valence-electron chi connectivity index (χ1n) is 6.51. The van der Waals surface area contributed by atoms with Crippen molar-refractivity contribution in [1.82, 2.24) is 4.90 Å². The Morgan fingerprint density at radius 2 is 1.70 bits per heavy atom. The molecule has 4 heteroatoms. The lowest BCUT2D eigenvalue weighted by Crippen LogP contribution is -2.30. The highest BCUT2D eigenvalue weighted by atomic mass is 19.1. The minimum Gasteiger partial charge on any atom is -0.325 e. The summed E-state index contributed by atoms with van der Waals surface area (Å²) in [6.07, 6.45) is 0. The SMILES string of the molecule is CN1CC(c2ccc(F)cc2)N(c2ccccc2)C1=O. The summed E-state index contributed by atoms with van der Waals surface area (Å²) in [6, 6.07) is 15.8. The van der Waals surface area contributed by atoms with Crippen LogP contribution in [-0.2, 0) is 0 Å². The number of anilines is 1. The number of likely N-dealkylation sites (N-methyl/N-ethyl adjacent to an activating group) is 1.